The van der Waals surface area contributed by atoms with E-state index in [9.17, 15) is 0 Å². The molecule has 0 fully saturated rings. The lowest BCUT2D eigenvalue weighted by atomic mass is 10.2. The van der Waals surface area contributed by atoms with E-state index in [4.69, 9.17) is 5.26 Å². The predicted molar refractivity (Wildman–Crippen MR) is 89.3 cm³/mol. The Morgan fingerprint density at radius 1 is 1.21 bits per heavy atom. The SMILES string of the molecule is Cc1cc2nc(Nc3ccc(C#N)cc3)nn2cc1-n1ccnc1. The minimum Gasteiger partial charge on any atom is -0.323 e. The molecule has 1 aromatic carbocycles. The van der Waals surface area contributed by atoms with Gasteiger partial charge in [0.2, 0.25) is 5.95 Å². The van der Waals surface area contributed by atoms with E-state index in [1.54, 1.807) is 29.2 Å². The van der Waals surface area contributed by atoms with E-state index in [-0.39, 0.29) is 0 Å². The van der Waals surface area contributed by atoms with Crippen LogP contribution in [0.2, 0.25) is 0 Å². The van der Waals surface area contributed by atoms with Crippen LogP contribution < -0.4 is 5.32 Å². The number of nitriles is 1. The Labute approximate surface area is 137 Å². The lowest BCUT2D eigenvalue weighted by Crippen LogP contribution is -1.98. The Hall–Kier alpha value is -3.66. The van der Waals surface area contributed by atoms with Gasteiger partial charge >= 0.3 is 0 Å². The maximum Gasteiger partial charge on any atom is 0.247 e. The molecular formula is C17H13N7. The van der Waals surface area contributed by atoms with Crippen molar-refractivity contribution in [1.82, 2.24) is 24.1 Å². The average molecular weight is 315 g/mol. The van der Waals surface area contributed by atoms with Gasteiger partial charge in [0.25, 0.3) is 0 Å². The van der Waals surface area contributed by atoms with E-state index in [0.717, 1.165) is 22.6 Å². The molecule has 7 nitrogen and oxygen atoms in total. The third-order valence-corrected chi connectivity index (χ3v) is 3.70. The molecule has 3 aromatic heterocycles. The first-order chi connectivity index (χ1) is 11.7. The molecule has 0 saturated carbocycles. The number of aryl methyl sites for hydroxylation is 1. The second-order valence-corrected chi connectivity index (χ2v) is 5.36. The van der Waals surface area contributed by atoms with Crippen LogP contribution in [0.4, 0.5) is 11.6 Å². The van der Waals surface area contributed by atoms with Crippen molar-refractivity contribution in [3.05, 3.63) is 66.4 Å². The number of pyridine rings is 1. The second-order valence-electron chi connectivity index (χ2n) is 5.36. The van der Waals surface area contributed by atoms with Gasteiger partial charge in [-0.25, -0.2) is 9.50 Å². The van der Waals surface area contributed by atoms with Crippen molar-refractivity contribution < 1.29 is 0 Å². The van der Waals surface area contributed by atoms with Crippen LogP contribution in [-0.4, -0.2) is 24.1 Å². The highest BCUT2D eigenvalue weighted by molar-refractivity contribution is 5.58. The molecule has 0 aliphatic carbocycles. The van der Waals surface area contributed by atoms with E-state index in [2.05, 4.69) is 26.5 Å². The maximum absolute atomic E-state index is 8.84. The summed E-state index contributed by atoms with van der Waals surface area (Å²) in [7, 11) is 0. The van der Waals surface area contributed by atoms with Gasteiger partial charge in [0.1, 0.15) is 0 Å². The summed E-state index contributed by atoms with van der Waals surface area (Å²) in [6.07, 6.45) is 7.30. The van der Waals surface area contributed by atoms with Gasteiger partial charge in [0.05, 0.1) is 29.8 Å². The van der Waals surface area contributed by atoms with Crippen molar-refractivity contribution in [2.24, 2.45) is 0 Å². The molecule has 24 heavy (non-hydrogen) atoms. The van der Waals surface area contributed by atoms with Gasteiger partial charge in [0, 0.05) is 18.1 Å². The van der Waals surface area contributed by atoms with Gasteiger partial charge in [-0.05, 0) is 42.8 Å². The van der Waals surface area contributed by atoms with E-state index >= 15 is 0 Å². The minimum absolute atomic E-state index is 0.502. The van der Waals surface area contributed by atoms with E-state index in [1.165, 1.54) is 0 Å². The largest absolute Gasteiger partial charge is 0.323 e. The molecule has 0 unspecified atom stereocenters. The van der Waals surface area contributed by atoms with Crippen molar-refractivity contribution in [3.8, 4) is 11.8 Å². The number of fused-ring (bicyclic) bond motifs is 1. The third kappa shape index (κ3) is 2.46. The van der Waals surface area contributed by atoms with Gasteiger partial charge in [-0.1, -0.05) is 0 Å². The molecule has 0 radical (unpaired) electrons. The van der Waals surface area contributed by atoms with Gasteiger partial charge in [-0.15, -0.1) is 5.10 Å². The fourth-order valence-electron chi connectivity index (χ4n) is 2.50. The zero-order valence-corrected chi connectivity index (χ0v) is 12.9. The van der Waals surface area contributed by atoms with Gasteiger partial charge in [-0.2, -0.15) is 10.2 Å². The maximum atomic E-state index is 8.84. The molecule has 0 atom stereocenters. The fourth-order valence-corrected chi connectivity index (χ4v) is 2.50. The quantitative estimate of drug-likeness (QED) is 0.628. The molecule has 0 spiro atoms. The van der Waals surface area contributed by atoms with Crippen LogP contribution >= 0.6 is 0 Å². The molecule has 0 aliphatic rings. The Morgan fingerprint density at radius 2 is 2.04 bits per heavy atom. The molecular weight excluding hydrogens is 302 g/mol. The summed E-state index contributed by atoms with van der Waals surface area (Å²) in [5, 5.41) is 16.4. The average Bonchev–Trinajstić information content (AvgIpc) is 3.23. The number of nitrogens with zero attached hydrogens (tertiary/aromatic N) is 6. The summed E-state index contributed by atoms with van der Waals surface area (Å²) in [5.74, 6) is 0.502. The molecule has 0 saturated heterocycles. The summed E-state index contributed by atoms with van der Waals surface area (Å²) >= 11 is 0. The third-order valence-electron chi connectivity index (χ3n) is 3.70. The summed E-state index contributed by atoms with van der Waals surface area (Å²) < 4.78 is 3.67. The smallest absolute Gasteiger partial charge is 0.247 e. The first kappa shape index (κ1) is 14.0. The summed E-state index contributed by atoms with van der Waals surface area (Å²) in [6.45, 7) is 2.03. The molecule has 7 heteroatoms. The van der Waals surface area contributed by atoms with Gasteiger partial charge in [0.15, 0.2) is 5.65 Å². The zero-order valence-electron chi connectivity index (χ0n) is 12.9. The highest BCUT2D eigenvalue weighted by Gasteiger charge is 2.08. The normalized spacial score (nSPS) is 10.7. The molecule has 0 bridgehead atoms. The van der Waals surface area contributed by atoms with Crippen LogP contribution in [0.25, 0.3) is 11.3 Å². The summed E-state index contributed by atoms with van der Waals surface area (Å²) in [4.78, 5) is 8.56. The lowest BCUT2D eigenvalue weighted by molar-refractivity contribution is 0.927. The second kappa shape index (κ2) is 5.52. The molecule has 116 valence electrons. The highest BCUT2D eigenvalue weighted by atomic mass is 15.3. The Kier molecular flexibility index (Phi) is 3.21. The number of rotatable bonds is 3. The molecule has 4 rings (SSSR count). The zero-order chi connectivity index (χ0) is 16.5. The van der Waals surface area contributed by atoms with Crippen LogP contribution in [0.1, 0.15) is 11.1 Å². The summed E-state index contributed by atoms with van der Waals surface area (Å²) in [5.41, 5.74) is 4.28. The number of anilines is 2. The minimum atomic E-state index is 0.502. The fraction of sp³-hybridized carbons (Fsp3) is 0.0588. The molecule has 0 amide bonds. The van der Waals surface area contributed by atoms with Crippen molar-refractivity contribution >= 4 is 17.3 Å². The van der Waals surface area contributed by atoms with Crippen LogP contribution in [0.15, 0.2) is 55.2 Å². The number of aromatic nitrogens is 5. The Balaban J connectivity index is 1.69. The molecule has 3 heterocycles. The monoisotopic (exact) mass is 315 g/mol. The molecule has 1 N–H and O–H groups in total. The van der Waals surface area contributed by atoms with Gasteiger partial charge in [-0.3, -0.25) is 0 Å². The first-order valence-corrected chi connectivity index (χ1v) is 7.35. The van der Waals surface area contributed by atoms with Crippen molar-refractivity contribution in [1.29, 1.82) is 5.26 Å². The first-order valence-electron chi connectivity index (χ1n) is 7.35. The van der Waals surface area contributed by atoms with E-state index < -0.39 is 0 Å². The predicted octanol–water partition coefficient (Wildman–Crippen LogP) is 2.84. The molecule has 0 aliphatic heterocycles. The van der Waals surface area contributed by atoms with Crippen molar-refractivity contribution in [3.63, 3.8) is 0 Å². The lowest BCUT2D eigenvalue weighted by Gasteiger charge is -2.06. The van der Waals surface area contributed by atoms with Crippen molar-refractivity contribution in [2.75, 3.05) is 5.32 Å². The Morgan fingerprint density at radius 3 is 2.75 bits per heavy atom. The number of benzene rings is 1. The van der Waals surface area contributed by atoms with Gasteiger partial charge < -0.3 is 9.88 Å². The number of hydrogen-bond donors (Lipinski definition) is 1. The van der Waals surface area contributed by atoms with Crippen LogP contribution in [0, 0.1) is 18.3 Å². The number of nitrogens with one attached hydrogen (secondary N) is 1. The Bertz CT molecular complexity index is 1040. The number of imidazole rings is 1. The van der Waals surface area contributed by atoms with Crippen LogP contribution in [0.5, 0.6) is 0 Å². The van der Waals surface area contributed by atoms with Crippen molar-refractivity contribution in [2.45, 2.75) is 6.92 Å². The summed E-state index contributed by atoms with van der Waals surface area (Å²) in [6, 6.07) is 11.2. The van der Waals surface area contributed by atoms with E-state index in [1.807, 2.05) is 42.1 Å². The number of hydrogen-bond acceptors (Lipinski definition) is 5. The van der Waals surface area contributed by atoms with Crippen LogP contribution in [0.3, 0.4) is 0 Å². The van der Waals surface area contributed by atoms with E-state index in [0.29, 0.717) is 11.5 Å². The highest BCUT2D eigenvalue weighted by Crippen LogP contribution is 2.19. The molecule has 4 aromatic rings. The van der Waals surface area contributed by atoms with Crippen LogP contribution in [-0.2, 0) is 0 Å². The topological polar surface area (TPSA) is 83.8 Å². The standard InChI is InChI=1S/C17H13N7/c1-12-8-16-21-17(20-14-4-2-13(9-18)3-5-14)22-24(16)10-15(12)23-7-6-19-11-23/h2-8,10-11H,1H3,(H,20,22).